The normalized spacial score (nSPS) is 11.5. The lowest BCUT2D eigenvalue weighted by Crippen LogP contribution is -2.37. The van der Waals surface area contributed by atoms with Gasteiger partial charge < -0.3 is 5.21 Å². The fourth-order valence-electron chi connectivity index (χ4n) is 1.48. The average molecular weight is 230 g/mol. The van der Waals surface area contributed by atoms with Crippen LogP contribution in [-0.2, 0) is 4.79 Å². The lowest BCUT2D eigenvalue weighted by atomic mass is 10.1. The number of rotatable bonds is 2. The minimum Gasteiger partial charge on any atom is -0.410 e. The largest absolute Gasteiger partial charge is 0.410 e. The number of hydrogen-bond donors (Lipinski definition) is 3. The number of pyridine rings is 1. The predicted octanol–water partition coefficient (Wildman–Crippen LogP) is 0.403. The Morgan fingerprint density at radius 1 is 1.29 bits per heavy atom. The summed E-state index contributed by atoms with van der Waals surface area (Å²) in [5.41, 5.74) is 2.63. The molecular weight excluding hydrogens is 220 g/mol. The number of para-hydroxylation sites is 1. The van der Waals surface area contributed by atoms with E-state index in [1.165, 1.54) is 0 Å². The first-order valence-electron chi connectivity index (χ1n) is 4.85. The molecule has 1 aromatic carbocycles. The van der Waals surface area contributed by atoms with Gasteiger partial charge in [-0.25, -0.2) is 10.8 Å². The van der Waals surface area contributed by atoms with Crippen LogP contribution < -0.4 is 11.3 Å². The van der Waals surface area contributed by atoms with E-state index in [2.05, 4.69) is 10.1 Å². The lowest BCUT2D eigenvalue weighted by Gasteiger charge is -2.03. The van der Waals surface area contributed by atoms with Crippen molar-refractivity contribution >= 4 is 22.5 Å². The molecule has 0 atom stereocenters. The Kier molecular flexibility index (Phi) is 2.97. The number of aromatic nitrogens is 1. The van der Waals surface area contributed by atoms with Gasteiger partial charge in [-0.05, 0) is 12.1 Å². The predicted molar refractivity (Wildman–Crippen MR) is 62.4 cm³/mol. The van der Waals surface area contributed by atoms with Gasteiger partial charge in [0.15, 0.2) is 5.71 Å². The van der Waals surface area contributed by atoms with E-state index in [0.29, 0.717) is 5.52 Å². The van der Waals surface area contributed by atoms with Crippen molar-refractivity contribution in [2.45, 2.75) is 0 Å². The molecule has 0 spiro atoms. The average Bonchev–Trinajstić information content (AvgIpc) is 2.39. The van der Waals surface area contributed by atoms with Crippen LogP contribution in [0.4, 0.5) is 0 Å². The van der Waals surface area contributed by atoms with E-state index in [0.717, 1.165) is 5.39 Å². The molecular formula is C11H10N4O2. The summed E-state index contributed by atoms with van der Waals surface area (Å²) in [6.07, 6.45) is 0. The summed E-state index contributed by atoms with van der Waals surface area (Å²) in [7, 11) is 0. The van der Waals surface area contributed by atoms with Gasteiger partial charge in [0.1, 0.15) is 0 Å². The van der Waals surface area contributed by atoms with Gasteiger partial charge in [-0.15, -0.1) is 0 Å². The van der Waals surface area contributed by atoms with Gasteiger partial charge in [0, 0.05) is 5.39 Å². The lowest BCUT2D eigenvalue weighted by molar-refractivity contribution is -0.114. The number of nitrogens with two attached hydrogens (primary N) is 1. The number of fused-ring (bicyclic) bond motifs is 1. The number of nitrogens with one attached hydrogen (secondary N) is 1. The Balaban J connectivity index is 2.52. The van der Waals surface area contributed by atoms with Gasteiger partial charge in [0.05, 0.1) is 11.2 Å². The summed E-state index contributed by atoms with van der Waals surface area (Å²) in [5, 5.41) is 12.6. The first-order chi connectivity index (χ1) is 8.26. The van der Waals surface area contributed by atoms with Crippen LogP contribution in [0.3, 0.4) is 0 Å². The van der Waals surface area contributed by atoms with Crippen molar-refractivity contribution in [1.82, 2.24) is 10.4 Å². The quantitative estimate of drug-likeness (QED) is 0.228. The fourth-order valence-corrected chi connectivity index (χ4v) is 1.48. The van der Waals surface area contributed by atoms with Crippen LogP contribution in [0.1, 0.15) is 5.69 Å². The Labute approximate surface area is 96.7 Å². The van der Waals surface area contributed by atoms with Crippen molar-refractivity contribution in [3.05, 3.63) is 42.1 Å². The van der Waals surface area contributed by atoms with Crippen molar-refractivity contribution in [2.24, 2.45) is 11.0 Å². The van der Waals surface area contributed by atoms with Gasteiger partial charge in [0.25, 0.3) is 5.91 Å². The molecule has 0 aliphatic carbocycles. The first kappa shape index (κ1) is 11.0. The Morgan fingerprint density at radius 2 is 2.06 bits per heavy atom. The van der Waals surface area contributed by atoms with Gasteiger partial charge >= 0.3 is 0 Å². The number of carbonyl (C=O) groups is 1. The van der Waals surface area contributed by atoms with Crippen LogP contribution in [0.2, 0.25) is 0 Å². The van der Waals surface area contributed by atoms with E-state index in [9.17, 15) is 4.79 Å². The molecule has 0 bridgehead atoms. The zero-order chi connectivity index (χ0) is 12.3. The van der Waals surface area contributed by atoms with Crippen LogP contribution in [-0.4, -0.2) is 21.8 Å². The molecule has 0 saturated carbocycles. The first-order valence-corrected chi connectivity index (χ1v) is 4.85. The summed E-state index contributed by atoms with van der Waals surface area (Å²) >= 11 is 0. The molecule has 86 valence electrons. The molecule has 1 heterocycles. The van der Waals surface area contributed by atoms with E-state index in [1.807, 2.05) is 23.6 Å². The number of amides is 1. The second-order valence-corrected chi connectivity index (χ2v) is 3.31. The third kappa shape index (κ3) is 2.06. The maximum atomic E-state index is 11.3. The Hall–Kier alpha value is -2.47. The smallest absolute Gasteiger partial charge is 0.289 e. The van der Waals surface area contributed by atoms with E-state index < -0.39 is 5.91 Å². The second kappa shape index (κ2) is 4.58. The zero-order valence-electron chi connectivity index (χ0n) is 8.79. The van der Waals surface area contributed by atoms with Crippen molar-refractivity contribution in [3.63, 3.8) is 0 Å². The number of hydrazine groups is 1. The van der Waals surface area contributed by atoms with Crippen LogP contribution >= 0.6 is 0 Å². The highest BCUT2D eigenvalue weighted by Crippen LogP contribution is 2.12. The number of oxime groups is 1. The van der Waals surface area contributed by atoms with Crippen molar-refractivity contribution in [3.8, 4) is 0 Å². The molecule has 0 aliphatic rings. The van der Waals surface area contributed by atoms with Crippen molar-refractivity contribution < 1.29 is 10.0 Å². The summed E-state index contributed by atoms with van der Waals surface area (Å²) in [6, 6.07) is 10.8. The molecule has 0 aliphatic heterocycles. The van der Waals surface area contributed by atoms with Gasteiger partial charge in [-0.1, -0.05) is 29.4 Å². The Morgan fingerprint density at radius 3 is 2.76 bits per heavy atom. The zero-order valence-corrected chi connectivity index (χ0v) is 8.79. The molecule has 1 amide bonds. The number of hydrogen-bond acceptors (Lipinski definition) is 5. The molecule has 17 heavy (non-hydrogen) atoms. The van der Waals surface area contributed by atoms with Gasteiger partial charge in [-0.2, -0.15) is 0 Å². The fraction of sp³-hybridized carbons (Fsp3) is 0. The van der Waals surface area contributed by atoms with Crippen LogP contribution in [0, 0.1) is 0 Å². The maximum absolute atomic E-state index is 11.3. The van der Waals surface area contributed by atoms with E-state index >= 15 is 0 Å². The summed E-state index contributed by atoms with van der Waals surface area (Å²) < 4.78 is 0. The summed E-state index contributed by atoms with van der Waals surface area (Å²) in [6.45, 7) is 0. The maximum Gasteiger partial charge on any atom is 0.289 e. The van der Waals surface area contributed by atoms with Gasteiger partial charge in [-0.3, -0.25) is 10.2 Å². The molecule has 2 rings (SSSR count). The summed E-state index contributed by atoms with van der Waals surface area (Å²) in [5.74, 6) is 4.28. The molecule has 0 unspecified atom stereocenters. The molecule has 2 aromatic rings. The van der Waals surface area contributed by atoms with E-state index in [1.54, 1.807) is 18.2 Å². The minimum atomic E-state index is -0.699. The highest BCUT2D eigenvalue weighted by atomic mass is 16.4. The molecule has 0 saturated heterocycles. The molecule has 0 radical (unpaired) electrons. The monoisotopic (exact) mass is 230 g/mol. The molecule has 0 fully saturated rings. The third-order valence-electron chi connectivity index (χ3n) is 2.29. The van der Waals surface area contributed by atoms with Gasteiger partial charge in [0.2, 0.25) is 0 Å². The number of benzene rings is 1. The highest BCUT2D eigenvalue weighted by molar-refractivity contribution is 6.44. The minimum absolute atomic E-state index is 0.224. The number of carbonyl (C=O) groups excluding carboxylic acids is 1. The third-order valence-corrected chi connectivity index (χ3v) is 2.29. The molecule has 6 heteroatoms. The molecule has 1 aromatic heterocycles. The topological polar surface area (TPSA) is 101 Å². The standard InChI is InChI=1S/C11H10N4O2/c12-14-11(16)10(15-17)9-6-5-7-3-1-2-4-8(7)13-9/h1-6,17H,12H2,(H,14,16)/b15-10-. The highest BCUT2D eigenvalue weighted by Gasteiger charge is 2.15. The van der Waals surface area contributed by atoms with E-state index in [-0.39, 0.29) is 11.4 Å². The van der Waals surface area contributed by atoms with Crippen molar-refractivity contribution in [1.29, 1.82) is 0 Å². The SMILES string of the molecule is NNC(=O)/C(=N\O)c1ccc2ccccc2n1. The Bertz CT molecular complexity index is 595. The van der Waals surface area contributed by atoms with Crippen LogP contribution in [0.15, 0.2) is 41.6 Å². The number of nitrogens with zero attached hydrogens (tertiary/aromatic N) is 2. The van der Waals surface area contributed by atoms with Crippen molar-refractivity contribution in [2.75, 3.05) is 0 Å². The van der Waals surface area contributed by atoms with Crippen LogP contribution in [0.5, 0.6) is 0 Å². The molecule has 6 nitrogen and oxygen atoms in total. The van der Waals surface area contributed by atoms with Crippen LogP contribution in [0.25, 0.3) is 10.9 Å². The second-order valence-electron chi connectivity index (χ2n) is 3.31. The van der Waals surface area contributed by atoms with E-state index in [4.69, 9.17) is 11.0 Å². The summed E-state index contributed by atoms with van der Waals surface area (Å²) in [4.78, 5) is 15.5. The molecule has 4 N–H and O–H groups in total.